The zero-order chi connectivity index (χ0) is 9.26. The molecule has 0 aliphatic carbocycles. The van der Waals surface area contributed by atoms with E-state index in [1.807, 2.05) is 11.8 Å². The predicted octanol–water partition coefficient (Wildman–Crippen LogP) is 2.29. The fourth-order valence-corrected chi connectivity index (χ4v) is 2.88. The highest BCUT2D eigenvalue weighted by Crippen LogP contribution is 2.39. The van der Waals surface area contributed by atoms with Crippen molar-refractivity contribution in [1.82, 2.24) is 0 Å². The van der Waals surface area contributed by atoms with Crippen molar-refractivity contribution in [2.75, 3.05) is 5.75 Å². The van der Waals surface area contributed by atoms with Crippen LogP contribution in [-0.4, -0.2) is 5.75 Å². The van der Waals surface area contributed by atoms with Gasteiger partial charge in [0, 0.05) is 10.6 Å². The average Bonchev–Trinajstić information content (AvgIpc) is 2.48. The molecule has 1 aromatic carbocycles. The van der Waals surface area contributed by atoms with E-state index in [2.05, 4.69) is 30.0 Å². The largest absolute Gasteiger partial charge is 0.300 e. The van der Waals surface area contributed by atoms with Gasteiger partial charge in [0.2, 0.25) is 0 Å². The summed E-state index contributed by atoms with van der Waals surface area (Å²) in [4.78, 5) is 6.00. The van der Waals surface area contributed by atoms with Gasteiger partial charge in [-0.3, -0.25) is 4.84 Å². The Hall–Kier alpha value is -0.510. The summed E-state index contributed by atoms with van der Waals surface area (Å²) in [5.41, 5.74) is 2.62. The summed E-state index contributed by atoms with van der Waals surface area (Å²) in [5.74, 6) is 6.91. The van der Waals surface area contributed by atoms with Gasteiger partial charge in [-0.15, -0.1) is 11.8 Å². The van der Waals surface area contributed by atoms with Crippen LogP contribution in [0.2, 0.25) is 0 Å². The minimum absolute atomic E-state index is 0.502. The Morgan fingerprint density at radius 3 is 3.23 bits per heavy atom. The monoisotopic (exact) mass is 195 g/mol. The van der Waals surface area contributed by atoms with Gasteiger partial charge in [0.15, 0.2) is 0 Å². The molecule has 2 N–H and O–H groups in total. The molecule has 0 aromatic heterocycles. The first-order valence-corrected chi connectivity index (χ1v) is 5.37. The van der Waals surface area contributed by atoms with E-state index in [4.69, 9.17) is 5.90 Å². The molecule has 0 saturated heterocycles. The maximum Gasteiger partial charge on any atom is 0.0930 e. The van der Waals surface area contributed by atoms with Gasteiger partial charge in [0.25, 0.3) is 0 Å². The summed E-state index contributed by atoms with van der Waals surface area (Å²) in [6.45, 7) is 2.76. The SMILES string of the molecule is CC1CSc2cc(CON)ccc21. The summed E-state index contributed by atoms with van der Waals surface area (Å²) in [7, 11) is 0. The third kappa shape index (κ3) is 1.73. The zero-order valence-corrected chi connectivity index (χ0v) is 8.43. The lowest BCUT2D eigenvalue weighted by Crippen LogP contribution is -1.99. The standard InChI is InChI=1S/C10H13NOS/c1-7-6-13-10-4-8(5-12-11)2-3-9(7)10/h2-4,7H,5-6,11H2,1H3. The highest BCUT2D eigenvalue weighted by molar-refractivity contribution is 7.99. The molecule has 0 spiro atoms. The smallest absolute Gasteiger partial charge is 0.0930 e. The Morgan fingerprint density at radius 2 is 2.46 bits per heavy atom. The van der Waals surface area contributed by atoms with Crippen LogP contribution in [0, 0.1) is 0 Å². The van der Waals surface area contributed by atoms with E-state index in [9.17, 15) is 0 Å². The molecule has 0 radical (unpaired) electrons. The van der Waals surface area contributed by atoms with Crippen LogP contribution in [0.1, 0.15) is 24.0 Å². The van der Waals surface area contributed by atoms with Gasteiger partial charge in [-0.25, -0.2) is 5.90 Å². The number of benzene rings is 1. The van der Waals surface area contributed by atoms with Crippen molar-refractivity contribution in [3.8, 4) is 0 Å². The van der Waals surface area contributed by atoms with Gasteiger partial charge in [0.1, 0.15) is 0 Å². The Kier molecular flexibility index (Phi) is 2.58. The van der Waals surface area contributed by atoms with E-state index < -0.39 is 0 Å². The summed E-state index contributed by atoms with van der Waals surface area (Å²) < 4.78 is 0. The van der Waals surface area contributed by atoms with Crippen LogP contribution in [0.3, 0.4) is 0 Å². The molecule has 1 atom stereocenters. The molecule has 0 saturated carbocycles. The fraction of sp³-hybridized carbons (Fsp3) is 0.400. The summed E-state index contributed by atoms with van der Waals surface area (Å²) in [6.07, 6.45) is 0. The second-order valence-corrected chi connectivity index (χ2v) is 4.46. The lowest BCUT2D eigenvalue weighted by molar-refractivity contribution is 0.124. The van der Waals surface area contributed by atoms with E-state index >= 15 is 0 Å². The van der Waals surface area contributed by atoms with Crippen LogP contribution in [0.5, 0.6) is 0 Å². The third-order valence-corrected chi connectivity index (χ3v) is 3.68. The van der Waals surface area contributed by atoms with Crippen LogP contribution in [-0.2, 0) is 11.4 Å². The van der Waals surface area contributed by atoms with Crippen LogP contribution in [0.25, 0.3) is 0 Å². The normalized spacial score (nSPS) is 20.3. The Balaban J connectivity index is 2.29. The molecule has 0 fully saturated rings. The third-order valence-electron chi connectivity index (χ3n) is 2.35. The molecule has 0 amide bonds. The Labute approximate surface area is 82.4 Å². The second-order valence-electron chi connectivity index (χ2n) is 3.40. The molecule has 0 bridgehead atoms. The van der Waals surface area contributed by atoms with E-state index in [-0.39, 0.29) is 0 Å². The van der Waals surface area contributed by atoms with Gasteiger partial charge in [-0.2, -0.15) is 0 Å². The Morgan fingerprint density at radius 1 is 1.62 bits per heavy atom. The molecule has 13 heavy (non-hydrogen) atoms. The first kappa shape index (κ1) is 9.06. The number of nitrogens with two attached hydrogens (primary N) is 1. The number of thioether (sulfide) groups is 1. The van der Waals surface area contributed by atoms with E-state index in [0.717, 1.165) is 5.56 Å². The van der Waals surface area contributed by atoms with Crippen molar-refractivity contribution >= 4 is 11.8 Å². The molecule has 1 unspecified atom stereocenters. The van der Waals surface area contributed by atoms with Crippen LogP contribution >= 0.6 is 11.8 Å². The molecule has 1 heterocycles. The summed E-state index contributed by atoms with van der Waals surface area (Å²) in [6, 6.07) is 6.46. The number of hydrogen-bond acceptors (Lipinski definition) is 3. The minimum atomic E-state index is 0.502. The number of fused-ring (bicyclic) bond motifs is 1. The number of hydrogen-bond donors (Lipinski definition) is 1. The predicted molar refractivity (Wildman–Crippen MR) is 54.6 cm³/mol. The molecule has 2 rings (SSSR count). The first-order chi connectivity index (χ1) is 6.31. The average molecular weight is 195 g/mol. The Bertz CT molecular complexity index is 314. The molecule has 1 aliphatic rings. The van der Waals surface area contributed by atoms with E-state index in [1.54, 1.807) is 0 Å². The van der Waals surface area contributed by atoms with Gasteiger partial charge >= 0.3 is 0 Å². The topological polar surface area (TPSA) is 35.2 Å². The van der Waals surface area contributed by atoms with Crippen molar-refractivity contribution in [3.05, 3.63) is 29.3 Å². The highest BCUT2D eigenvalue weighted by Gasteiger charge is 2.18. The molecule has 70 valence electrons. The molecular formula is C10H13NOS. The zero-order valence-electron chi connectivity index (χ0n) is 7.62. The van der Waals surface area contributed by atoms with Gasteiger partial charge in [-0.05, 0) is 23.1 Å². The number of rotatable bonds is 2. The lowest BCUT2D eigenvalue weighted by Gasteiger charge is -2.04. The quantitative estimate of drug-likeness (QED) is 0.735. The highest BCUT2D eigenvalue weighted by atomic mass is 32.2. The molecule has 1 aliphatic heterocycles. The maximum atomic E-state index is 5.03. The molecular weight excluding hydrogens is 182 g/mol. The van der Waals surface area contributed by atoms with Gasteiger partial charge < -0.3 is 0 Å². The van der Waals surface area contributed by atoms with Crippen LogP contribution in [0.4, 0.5) is 0 Å². The van der Waals surface area contributed by atoms with Crippen molar-refractivity contribution in [3.63, 3.8) is 0 Å². The molecule has 3 heteroatoms. The summed E-state index contributed by atoms with van der Waals surface area (Å²) >= 11 is 1.92. The van der Waals surface area contributed by atoms with E-state index in [1.165, 1.54) is 16.2 Å². The lowest BCUT2D eigenvalue weighted by atomic mass is 10.0. The van der Waals surface area contributed by atoms with Crippen molar-refractivity contribution in [1.29, 1.82) is 0 Å². The van der Waals surface area contributed by atoms with E-state index in [0.29, 0.717) is 12.5 Å². The molecule has 2 nitrogen and oxygen atoms in total. The van der Waals surface area contributed by atoms with Crippen LogP contribution < -0.4 is 5.90 Å². The fourth-order valence-electron chi connectivity index (χ4n) is 1.60. The van der Waals surface area contributed by atoms with Crippen molar-refractivity contribution in [2.24, 2.45) is 5.90 Å². The minimum Gasteiger partial charge on any atom is -0.300 e. The second kappa shape index (κ2) is 3.70. The molecule has 1 aromatic rings. The maximum absolute atomic E-state index is 5.03. The van der Waals surface area contributed by atoms with Crippen molar-refractivity contribution < 1.29 is 4.84 Å². The summed E-state index contributed by atoms with van der Waals surface area (Å²) in [5, 5.41) is 0. The first-order valence-electron chi connectivity index (χ1n) is 4.38. The van der Waals surface area contributed by atoms with Crippen LogP contribution in [0.15, 0.2) is 23.1 Å². The van der Waals surface area contributed by atoms with Gasteiger partial charge in [0.05, 0.1) is 6.61 Å². The van der Waals surface area contributed by atoms with Gasteiger partial charge in [-0.1, -0.05) is 19.1 Å². The van der Waals surface area contributed by atoms with Crippen molar-refractivity contribution in [2.45, 2.75) is 24.3 Å².